The zero-order chi connectivity index (χ0) is 19.5. The molecule has 0 aliphatic rings. The standard InChI is InChI=1S/C22H18N4O2/c1-15-10-11-23-20(12-15)24-21(27)14-26-22(28)9-8-19(25-26)18-7-6-16-4-2-3-5-17(16)13-18/h2-13H,14H2,1H3,(H,23,24,27). The summed E-state index contributed by atoms with van der Waals surface area (Å²) >= 11 is 0. The summed E-state index contributed by atoms with van der Waals surface area (Å²) in [6.45, 7) is 1.73. The number of nitrogens with one attached hydrogen (secondary N) is 1. The number of nitrogens with zero attached hydrogens (tertiary/aromatic N) is 3. The van der Waals surface area contributed by atoms with E-state index in [-0.39, 0.29) is 18.0 Å². The molecule has 0 aliphatic heterocycles. The van der Waals surface area contributed by atoms with Crippen LogP contribution in [0.1, 0.15) is 5.56 Å². The minimum atomic E-state index is -0.358. The van der Waals surface area contributed by atoms with Crippen LogP contribution in [-0.4, -0.2) is 20.7 Å². The van der Waals surface area contributed by atoms with E-state index < -0.39 is 0 Å². The van der Waals surface area contributed by atoms with Crippen LogP contribution in [0.15, 0.2) is 77.7 Å². The summed E-state index contributed by atoms with van der Waals surface area (Å²) in [7, 11) is 0. The molecule has 6 heteroatoms. The molecule has 28 heavy (non-hydrogen) atoms. The molecule has 2 heterocycles. The molecule has 0 radical (unpaired) electrons. The summed E-state index contributed by atoms with van der Waals surface area (Å²) in [5.74, 6) is 0.0899. The lowest BCUT2D eigenvalue weighted by Crippen LogP contribution is -2.29. The summed E-state index contributed by atoms with van der Waals surface area (Å²) in [6, 6.07) is 20.7. The first-order valence-electron chi connectivity index (χ1n) is 8.88. The van der Waals surface area contributed by atoms with Gasteiger partial charge in [0, 0.05) is 17.8 Å². The van der Waals surface area contributed by atoms with Crippen LogP contribution in [0.5, 0.6) is 0 Å². The first kappa shape index (κ1) is 17.6. The number of hydrogen-bond donors (Lipinski definition) is 1. The molecule has 0 atom stereocenters. The van der Waals surface area contributed by atoms with Crippen LogP contribution in [0.3, 0.4) is 0 Å². The molecular formula is C22H18N4O2. The number of rotatable bonds is 4. The largest absolute Gasteiger partial charge is 0.309 e. The fourth-order valence-corrected chi connectivity index (χ4v) is 2.99. The number of benzene rings is 2. The first-order valence-corrected chi connectivity index (χ1v) is 8.88. The number of pyridine rings is 1. The lowest BCUT2D eigenvalue weighted by Gasteiger charge is -2.09. The minimum Gasteiger partial charge on any atom is -0.309 e. The van der Waals surface area contributed by atoms with E-state index >= 15 is 0 Å². The Kier molecular flexibility index (Phi) is 4.68. The molecular weight excluding hydrogens is 352 g/mol. The summed E-state index contributed by atoms with van der Waals surface area (Å²) in [5.41, 5.74) is 2.16. The quantitative estimate of drug-likeness (QED) is 0.597. The fourth-order valence-electron chi connectivity index (χ4n) is 2.99. The Morgan fingerprint density at radius 1 is 1.00 bits per heavy atom. The van der Waals surface area contributed by atoms with Crippen LogP contribution in [0.25, 0.3) is 22.0 Å². The van der Waals surface area contributed by atoms with E-state index in [4.69, 9.17) is 0 Å². The molecule has 0 saturated carbocycles. The molecule has 4 aromatic rings. The van der Waals surface area contributed by atoms with Crippen molar-refractivity contribution in [2.24, 2.45) is 0 Å². The first-order chi connectivity index (χ1) is 13.6. The third-order valence-electron chi connectivity index (χ3n) is 4.39. The Morgan fingerprint density at radius 2 is 1.82 bits per heavy atom. The highest BCUT2D eigenvalue weighted by molar-refractivity contribution is 5.89. The average molecular weight is 370 g/mol. The van der Waals surface area contributed by atoms with Gasteiger partial charge in [0.25, 0.3) is 5.56 Å². The van der Waals surface area contributed by atoms with E-state index in [0.717, 1.165) is 26.6 Å². The number of anilines is 1. The zero-order valence-electron chi connectivity index (χ0n) is 15.3. The van der Waals surface area contributed by atoms with Crippen LogP contribution in [0, 0.1) is 6.92 Å². The third kappa shape index (κ3) is 3.81. The summed E-state index contributed by atoms with van der Waals surface area (Å²) < 4.78 is 1.16. The van der Waals surface area contributed by atoms with E-state index in [1.807, 2.05) is 55.5 Å². The number of aromatic nitrogens is 3. The normalized spacial score (nSPS) is 10.8. The van der Waals surface area contributed by atoms with Gasteiger partial charge in [-0.2, -0.15) is 5.10 Å². The van der Waals surface area contributed by atoms with Crippen LogP contribution in [0.4, 0.5) is 5.82 Å². The molecule has 0 fully saturated rings. The third-order valence-corrected chi connectivity index (χ3v) is 4.39. The molecule has 1 amide bonds. The van der Waals surface area contributed by atoms with Gasteiger partial charge in [0.1, 0.15) is 12.4 Å². The van der Waals surface area contributed by atoms with Crippen LogP contribution >= 0.6 is 0 Å². The number of carbonyl (C=O) groups is 1. The summed E-state index contributed by atoms with van der Waals surface area (Å²) in [6.07, 6.45) is 1.62. The summed E-state index contributed by atoms with van der Waals surface area (Å²) in [4.78, 5) is 28.6. The Labute approximate surface area is 161 Å². The van der Waals surface area contributed by atoms with E-state index in [1.165, 1.54) is 6.07 Å². The number of aryl methyl sites for hydroxylation is 1. The molecule has 2 aromatic carbocycles. The van der Waals surface area contributed by atoms with Crippen molar-refractivity contribution < 1.29 is 4.79 Å². The van der Waals surface area contributed by atoms with Crippen LogP contribution in [0.2, 0.25) is 0 Å². The molecule has 6 nitrogen and oxygen atoms in total. The average Bonchev–Trinajstić information content (AvgIpc) is 2.69. The lowest BCUT2D eigenvalue weighted by molar-refractivity contribution is -0.117. The molecule has 0 unspecified atom stereocenters. The predicted octanol–water partition coefficient (Wildman–Crippen LogP) is 3.41. The summed E-state index contributed by atoms with van der Waals surface area (Å²) in [5, 5.41) is 9.28. The zero-order valence-corrected chi connectivity index (χ0v) is 15.3. The van der Waals surface area contributed by atoms with Gasteiger partial charge in [0.15, 0.2) is 0 Å². The van der Waals surface area contributed by atoms with Gasteiger partial charge >= 0.3 is 0 Å². The van der Waals surface area contributed by atoms with Gasteiger partial charge in [-0.15, -0.1) is 0 Å². The maximum absolute atomic E-state index is 12.3. The van der Waals surface area contributed by atoms with Gasteiger partial charge in [0.2, 0.25) is 5.91 Å². The molecule has 0 spiro atoms. The van der Waals surface area contributed by atoms with Crippen molar-refractivity contribution in [2.45, 2.75) is 13.5 Å². The SMILES string of the molecule is Cc1ccnc(NC(=O)Cn2nc(-c3ccc4ccccc4c3)ccc2=O)c1. The molecule has 138 valence electrons. The van der Waals surface area contributed by atoms with E-state index in [0.29, 0.717) is 11.5 Å². The van der Waals surface area contributed by atoms with Crippen molar-refractivity contribution >= 4 is 22.5 Å². The van der Waals surface area contributed by atoms with Crippen molar-refractivity contribution in [1.29, 1.82) is 0 Å². The number of fused-ring (bicyclic) bond motifs is 1. The Bertz CT molecular complexity index is 1230. The molecule has 4 rings (SSSR count). The number of hydrogen-bond acceptors (Lipinski definition) is 4. The van der Waals surface area contributed by atoms with Crippen LogP contribution in [-0.2, 0) is 11.3 Å². The van der Waals surface area contributed by atoms with Crippen molar-refractivity contribution in [2.75, 3.05) is 5.32 Å². The highest BCUT2D eigenvalue weighted by Gasteiger charge is 2.09. The highest BCUT2D eigenvalue weighted by Crippen LogP contribution is 2.22. The molecule has 0 aliphatic carbocycles. The molecule has 0 bridgehead atoms. The van der Waals surface area contributed by atoms with Crippen molar-refractivity contribution in [3.05, 3.63) is 88.8 Å². The topological polar surface area (TPSA) is 76.9 Å². The van der Waals surface area contributed by atoms with Crippen molar-refractivity contribution in [1.82, 2.24) is 14.8 Å². The Morgan fingerprint density at radius 3 is 2.64 bits per heavy atom. The van der Waals surface area contributed by atoms with E-state index in [1.54, 1.807) is 18.3 Å². The van der Waals surface area contributed by atoms with Gasteiger partial charge in [-0.05, 0) is 47.5 Å². The fraction of sp³-hybridized carbons (Fsp3) is 0.0909. The molecule has 1 N–H and O–H groups in total. The van der Waals surface area contributed by atoms with Crippen LogP contribution < -0.4 is 10.9 Å². The van der Waals surface area contributed by atoms with E-state index in [2.05, 4.69) is 15.4 Å². The van der Waals surface area contributed by atoms with Gasteiger partial charge < -0.3 is 5.32 Å². The van der Waals surface area contributed by atoms with Crippen molar-refractivity contribution in [3.8, 4) is 11.3 Å². The smallest absolute Gasteiger partial charge is 0.267 e. The number of carbonyl (C=O) groups excluding carboxylic acids is 1. The van der Waals surface area contributed by atoms with Gasteiger partial charge in [-0.1, -0.05) is 36.4 Å². The maximum Gasteiger partial charge on any atom is 0.267 e. The Hall–Kier alpha value is -3.80. The second-order valence-corrected chi connectivity index (χ2v) is 6.54. The maximum atomic E-state index is 12.3. The van der Waals surface area contributed by atoms with Gasteiger partial charge in [-0.3, -0.25) is 9.59 Å². The lowest BCUT2D eigenvalue weighted by atomic mass is 10.1. The molecule has 2 aromatic heterocycles. The van der Waals surface area contributed by atoms with Gasteiger partial charge in [-0.25, -0.2) is 9.67 Å². The van der Waals surface area contributed by atoms with Crippen molar-refractivity contribution in [3.63, 3.8) is 0 Å². The van der Waals surface area contributed by atoms with Gasteiger partial charge in [0.05, 0.1) is 5.69 Å². The minimum absolute atomic E-state index is 0.185. The highest BCUT2D eigenvalue weighted by atomic mass is 16.2. The monoisotopic (exact) mass is 370 g/mol. The Balaban J connectivity index is 1.59. The predicted molar refractivity (Wildman–Crippen MR) is 109 cm³/mol. The number of amides is 1. The second kappa shape index (κ2) is 7.44. The molecule has 0 saturated heterocycles. The second-order valence-electron chi connectivity index (χ2n) is 6.54. The van der Waals surface area contributed by atoms with E-state index in [9.17, 15) is 9.59 Å².